The Morgan fingerprint density at radius 2 is 1.97 bits per heavy atom. The second-order valence-electron chi connectivity index (χ2n) is 8.30. The molecule has 3 unspecified atom stereocenters. The Kier molecular flexibility index (Phi) is 5.06. The molecule has 4 nitrogen and oxygen atoms in total. The van der Waals surface area contributed by atoms with Crippen molar-refractivity contribution in [3.63, 3.8) is 0 Å². The van der Waals surface area contributed by atoms with Gasteiger partial charge in [0, 0.05) is 32.9 Å². The highest BCUT2D eigenvalue weighted by atomic mass is 79.9. The number of aryl methyl sites for hydroxylation is 1. The fourth-order valence-electron chi connectivity index (χ4n) is 4.74. The first-order valence-electron chi connectivity index (χ1n) is 10.4. The van der Waals surface area contributed by atoms with Gasteiger partial charge in [-0.2, -0.15) is 0 Å². The number of amides is 1. The summed E-state index contributed by atoms with van der Waals surface area (Å²) >= 11 is 3.53. The third-order valence-corrected chi connectivity index (χ3v) is 6.72. The van der Waals surface area contributed by atoms with Crippen molar-refractivity contribution in [2.75, 3.05) is 10.6 Å². The molecular formula is C26H23BrN2O2. The van der Waals surface area contributed by atoms with Crippen LogP contribution in [0.2, 0.25) is 0 Å². The standard InChI is InChI=1S/C26H23BrN2O2/c1-15-4-2-5-16(12-15)26(31)28-18-9-10-23-21(14-18)19-6-3-7-20(19)25(29-23)22-13-17(27)8-11-24(22)30/h2-6,8-14,19-20,25,29-30H,7H2,1H3,(H,28,31). The first kappa shape index (κ1) is 19.9. The highest BCUT2D eigenvalue weighted by Crippen LogP contribution is 2.51. The van der Waals surface area contributed by atoms with Gasteiger partial charge in [0.1, 0.15) is 5.75 Å². The number of carbonyl (C=O) groups excluding carboxylic acids is 1. The van der Waals surface area contributed by atoms with Crippen molar-refractivity contribution in [1.29, 1.82) is 0 Å². The highest BCUT2D eigenvalue weighted by Gasteiger charge is 2.39. The number of anilines is 2. The van der Waals surface area contributed by atoms with E-state index in [0.29, 0.717) is 17.2 Å². The summed E-state index contributed by atoms with van der Waals surface area (Å²) in [5.74, 6) is 0.727. The van der Waals surface area contributed by atoms with Gasteiger partial charge in [-0.25, -0.2) is 0 Å². The van der Waals surface area contributed by atoms with E-state index in [-0.39, 0.29) is 17.9 Å². The summed E-state index contributed by atoms with van der Waals surface area (Å²) in [6.45, 7) is 1.98. The highest BCUT2D eigenvalue weighted by molar-refractivity contribution is 9.10. The van der Waals surface area contributed by atoms with Crippen molar-refractivity contribution < 1.29 is 9.90 Å². The maximum absolute atomic E-state index is 12.7. The zero-order chi connectivity index (χ0) is 21.5. The Labute approximate surface area is 190 Å². The molecule has 1 aliphatic heterocycles. The third-order valence-electron chi connectivity index (χ3n) is 6.23. The number of carbonyl (C=O) groups is 1. The van der Waals surface area contributed by atoms with Crippen LogP contribution >= 0.6 is 15.9 Å². The molecule has 0 radical (unpaired) electrons. The summed E-state index contributed by atoms with van der Waals surface area (Å²) in [7, 11) is 0. The van der Waals surface area contributed by atoms with E-state index in [0.717, 1.165) is 33.4 Å². The molecular weight excluding hydrogens is 452 g/mol. The average Bonchev–Trinajstić information content (AvgIpc) is 3.25. The molecule has 156 valence electrons. The number of aromatic hydroxyl groups is 1. The van der Waals surface area contributed by atoms with Crippen LogP contribution in [0.4, 0.5) is 11.4 Å². The van der Waals surface area contributed by atoms with Gasteiger partial charge in [0.2, 0.25) is 0 Å². The van der Waals surface area contributed by atoms with Gasteiger partial charge in [0.05, 0.1) is 6.04 Å². The summed E-state index contributed by atoms with van der Waals surface area (Å²) in [6.07, 6.45) is 5.40. The van der Waals surface area contributed by atoms with Gasteiger partial charge < -0.3 is 15.7 Å². The Morgan fingerprint density at radius 1 is 1.10 bits per heavy atom. The van der Waals surface area contributed by atoms with Crippen LogP contribution in [0.25, 0.3) is 0 Å². The van der Waals surface area contributed by atoms with E-state index in [2.05, 4.69) is 44.8 Å². The van der Waals surface area contributed by atoms with Gasteiger partial charge in [-0.3, -0.25) is 4.79 Å². The quantitative estimate of drug-likeness (QED) is 0.377. The molecule has 1 aliphatic carbocycles. The van der Waals surface area contributed by atoms with Crippen molar-refractivity contribution in [1.82, 2.24) is 0 Å². The average molecular weight is 475 g/mol. The molecule has 3 aromatic carbocycles. The lowest BCUT2D eigenvalue weighted by Gasteiger charge is -2.38. The van der Waals surface area contributed by atoms with Crippen LogP contribution in [-0.4, -0.2) is 11.0 Å². The predicted molar refractivity (Wildman–Crippen MR) is 128 cm³/mol. The molecule has 3 N–H and O–H groups in total. The second kappa shape index (κ2) is 7.89. The van der Waals surface area contributed by atoms with Gasteiger partial charge in [0.15, 0.2) is 0 Å². The van der Waals surface area contributed by atoms with Crippen LogP contribution < -0.4 is 10.6 Å². The van der Waals surface area contributed by atoms with Crippen LogP contribution in [0.5, 0.6) is 5.75 Å². The van der Waals surface area contributed by atoms with E-state index in [4.69, 9.17) is 0 Å². The first-order valence-corrected chi connectivity index (χ1v) is 11.2. The Morgan fingerprint density at radius 3 is 2.81 bits per heavy atom. The molecule has 5 rings (SSSR count). The summed E-state index contributed by atoms with van der Waals surface area (Å²) in [4.78, 5) is 12.7. The third kappa shape index (κ3) is 3.74. The van der Waals surface area contributed by atoms with Crippen LogP contribution in [-0.2, 0) is 0 Å². The predicted octanol–water partition coefficient (Wildman–Crippen LogP) is 6.54. The summed E-state index contributed by atoms with van der Waals surface area (Å²) in [5, 5.41) is 17.2. The fraction of sp³-hybridized carbons (Fsp3) is 0.192. The minimum atomic E-state index is -0.108. The van der Waals surface area contributed by atoms with Gasteiger partial charge in [-0.15, -0.1) is 0 Å². The number of phenolic OH excluding ortho intramolecular Hbond substituents is 1. The van der Waals surface area contributed by atoms with Crippen molar-refractivity contribution in [3.8, 4) is 5.75 Å². The zero-order valence-corrected chi connectivity index (χ0v) is 18.7. The second-order valence-corrected chi connectivity index (χ2v) is 9.22. The number of benzene rings is 3. The molecule has 5 heteroatoms. The maximum Gasteiger partial charge on any atom is 0.255 e. The van der Waals surface area contributed by atoms with Crippen LogP contribution in [0.15, 0.2) is 77.3 Å². The number of phenols is 1. The lowest BCUT2D eigenvalue weighted by Crippen LogP contribution is -2.29. The van der Waals surface area contributed by atoms with Crippen molar-refractivity contribution in [2.45, 2.75) is 25.3 Å². The van der Waals surface area contributed by atoms with Crippen molar-refractivity contribution in [2.24, 2.45) is 5.92 Å². The van der Waals surface area contributed by atoms with Gasteiger partial charge in [0.25, 0.3) is 5.91 Å². The van der Waals surface area contributed by atoms with E-state index in [1.165, 1.54) is 5.56 Å². The normalized spacial score (nSPS) is 21.2. The molecule has 0 saturated carbocycles. The summed E-state index contributed by atoms with van der Waals surface area (Å²) < 4.78 is 0.949. The number of halogens is 1. The van der Waals surface area contributed by atoms with E-state index < -0.39 is 0 Å². The molecule has 0 fully saturated rings. The van der Waals surface area contributed by atoms with Crippen LogP contribution in [0.1, 0.15) is 45.4 Å². The molecule has 3 aromatic rings. The molecule has 1 amide bonds. The molecule has 0 bridgehead atoms. The van der Waals surface area contributed by atoms with E-state index in [9.17, 15) is 9.90 Å². The number of hydrogen-bond acceptors (Lipinski definition) is 3. The maximum atomic E-state index is 12.7. The lowest BCUT2D eigenvalue weighted by atomic mass is 9.76. The number of allylic oxidation sites excluding steroid dienone is 2. The fourth-order valence-corrected chi connectivity index (χ4v) is 5.12. The summed E-state index contributed by atoms with van der Waals surface area (Å²) in [6, 6.07) is 19.2. The molecule has 0 spiro atoms. The zero-order valence-electron chi connectivity index (χ0n) is 17.1. The first-order chi connectivity index (χ1) is 15.0. The number of nitrogens with one attached hydrogen (secondary N) is 2. The minimum absolute atomic E-state index is 0.0118. The monoisotopic (exact) mass is 474 g/mol. The van der Waals surface area contributed by atoms with Crippen molar-refractivity contribution in [3.05, 3.63) is 99.5 Å². The Balaban J connectivity index is 1.46. The Hall–Kier alpha value is -3.05. The molecule has 0 aromatic heterocycles. The van der Waals surface area contributed by atoms with Crippen LogP contribution in [0.3, 0.4) is 0 Å². The molecule has 0 saturated heterocycles. The largest absolute Gasteiger partial charge is 0.508 e. The number of fused-ring (bicyclic) bond motifs is 3. The smallest absolute Gasteiger partial charge is 0.255 e. The molecule has 1 heterocycles. The number of hydrogen-bond donors (Lipinski definition) is 3. The molecule has 2 aliphatic rings. The topological polar surface area (TPSA) is 61.4 Å². The van der Waals surface area contributed by atoms with Crippen LogP contribution in [0, 0.1) is 12.8 Å². The molecule has 3 atom stereocenters. The van der Waals surface area contributed by atoms with Gasteiger partial charge >= 0.3 is 0 Å². The lowest BCUT2D eigenvalue weighted by molar-refractivity contribution is 0.102. The van der Waals surface area contributed by atoms with Gasteiger partial charge in [-0.05, 0) is 73.4 Å². The van der Waals surface area contributed by atoms with E-state index in [1.54, 1.807) is 6.07 Å². The van der Waals surface area contributed by atoms with Gasteiger partial charge in [-0.1, -0.05) is 45.8 Å². The number of rotatable bonds is 3. The van der Waals surface area contributed by atoms with E-state index in [1.807, 2.05) is 55.5 Å². The molecule has 31 heavy (non-hydrogen) atoms. The van der Waals surface area contributed by atoms with Crippen molar-refractivity contribution >= 4 is 33.2 Å². The summed E-state index contributed by atoms with van der Waals surface area (Å²) in [5.41, 5.74) is 5.60. The van der Waals surface area contributed by atoms with E-state index >= 15 is 0 Å². The SMILES string of the molecule is Cc1cccc(C(=O)Nc2ccc3c(c2)C2C=CCC2C(c2cc(Br)ccc2O)N3)c1. The minimum Gasteiger partial charge on any atom is -0.508 e. The Bertz CT molecular complexity index is 1200.